The van der Waals surface area contributed by atoms with Crippen molar-refractivity contribution in [2.24, 2.45) is 29.2 Å². The second kappa shape index (κ2) is 35.3. The minimum atomic E-state index is -0.589. The summed E-state index contributed by atoms with van der Waals surface area (Å²) in [5.41, 5.74) is 10.7. The van der Waals surface area contributed by atoms with E-state index in [4.69, 9.17) is 11.5 Å². The van der Waals surface area contributed by atoms with Gasteiger partial charge in [0.25, 0.3) is 5.24 Å². The second-order valence-corrected chi connectivity index (χ2v) is 20.4. The zero-order valence-electron chi connectivity index (χ0n) is 40.1. The molecule has 2 saturated carbocycles. The summed E-state index contributed by atoms with van der Waals surface area (Å²) in [4.78, 5) is 96.8. The average Bonchev–Trinajstić information content (AvgIpc) is 3.81. The van der Waals surface area contributed by atoms with E-state index in [1.165, 1.54) is 113 Å². The number of alkyl halides is 1. The van der Waals surface area contributed by atoms with Crippen LogP contribution in [0.15, 0.2) is 0 Å². The lowest BCUT2D eigenvalue weighted by atomic mass is 9.91. The minimum Gasteiger partial charge on any atom is -0.368 e. The SMILES string of the molecule is CC[C@H](C(N)=O)N1CC(CNC(=O)CS)CC1=O.CC[C@H](C(N)=O)N1CC(CNC(=O)CSC(=O)NC2CCCCCCCCCC2)CC1=O.O=C(CBr)CC1CCCCCCCCCC1. The minimum absolute atomic E-state index is 0.0368. The van der Waals surface area contributed by atoms with Crippen molar-refractivity contribution in [2.75, 3.05) is 43.0 Å². The van der Waals surface area contributed by atoms with E-state index in [1.54, 1.807) is 0 Å². The number of likely N-dealkylation sites (tertiary alicyclic amines) is 2. The Balaban J connectivity index is 0.000000372. The maximum absolute atomic E-state index is 12.3. The third kappa shape index (κ3) is 25.0. The summed E-state index contributed by atoms with van der Waals surface area (Å²) in [6.07, 6.45) is 28.0. The molecular weight excluding hydrogens is 947 g/mol. The number of carbonyl (C=O) groups excluding carboxylic acids is 8. The average molecular weight is 1030 g/mol. The first kappa shape index (κ1) is 59.3. The van der Waals surface area contributed by atoms with E-state index in [1.807, 2.05) is 13.8 Å². The summed E-state index contributed by atoms with van der Waals surface area (Å²) in [5, 5.41) is 9.01. The van der Waals surface area contributed by atoms with Crippen molar-refractivity contribution >= 4 is 86.8 Å². The maximum atomic E-state index is 12.3. The number of rotatable bonds is 17. The second-order valence-electron chi connectivity index (χ2n) is 18.6. The summed E-state index contributed by atoms with van der Waals surface area (Å²) in [6, 6.07) is -0.930. The number of amides is 7. The third-order valence-electron chi connectivity index (χ3n) is 13.1. The van der Waals surface area contributed by atoms with Gasteiger partial charge in [-0.1, -0.05) is 157 Å². The van der Waals surface area contributed by atoms with Gasteiger partial charge in [-0.15, -0.1) is 0 Å². The molecule has 4 rings (SSSR count). The van der Waals surface area contributed by atoms with Crippen LogP contribution in [-0.2, 0) is 33.6 Å². The summed E-state index contributed by atoms with van der Waals surface area (Å²) in [7, 11) is 0. The fourth-order valence-corrected chi connectivity index (χ4v) is 10.3. The first-order valence-electron chi connectivity index (χ1n) is 25.0. The molecule has 0 bridgehead atoms. The van der Waals surface area contributed by atoms with Crippen LogP contribution in [0, 0.1) is 17.8 Å². The molecule has 2 unspecified atom stereocenters. The number of hydrogen-bond acceptors (Lipinski definition) is 10. The lowest BCUT2D eigenvalue weighted by molar-refractivity contribution is -0.136. The molecule has 4 atom stereocenters. The predicted octanol–water partition coefficient (Wildman–Crippen LogP) is 6.96. The van der Waals surface area contributed by atoms with E-state index in [0.29, 0.717) is 68.9 Å². The molecule has 4 aliphatic rings. The smallest absolute Gasteiger partial charge is 0.279 e. The Morgan fingerprint density at radius 3 is 1.41 bits per heavy atom. The molecule has 0 radical (unpaired) electrons. The van der Waals surface area contributed by atoms with Gasteiger partial charge in [-0.05, 0) is 31.6 Å². The van der Waals surface area contributed by atoms with Gasteiger partial charge in [0.15, 0.2) is 0 Å². The molecule has 15 nitrogen and oxygen atoms in total. The van der Waals surface area contributed by atoms with Gasteiger partial charge in [0, 0.05) is 63.3 Å². The molecule has 0 spiro atoms. The van der Waals surface area contributed by atoms with Crippen molar-refractivity contribution in [3.63, 3.8) is 0 Å². The molecule has 66 heavy (non-hydrogen) atoms. The van der Waals surface area contributed by atoms with Gasteiger partial charge < -0.3 is 37.2 Å². The standard InChI is InChI=1S/C23H40N4O4S.C14H25BrO.C11H19N3O3S/c1-2-19(22(24)30)27-15-17(13-21(27)29)14-25-20(28)16-32-23(31)26-18-11-9-7-5-3-4-6-8-10-12-18;15-12-14(16)11-13-9-7-5-3-1-2-4-6-8-10-13;1-2-8(11(12)17)14-5-7(3-10(14)16)4-13-9(15)6-18/h17-19H,2-16H2,1H3,(H2,24,30)(H,25,28)(H,26,31);13H,1-12H2;7-8,18H,2-6H2,1H3,(H2,12,17)(H,13,15)/t17?,19-;;7?,8-/m1.1/s1. The van der Waals surface area contributed by atoms with Gasteiger partial charge in [-0.2, -0.15) is 12.6 Å². The van der Waals surface area contributed by atoms with Gasteiger partial charge >= 0.3 is 0 Å². The quantitative estimate of drug-likeness (QED) is 0.0653. The van der Waals surface area contributed by atoms with Gasteiger partial charge in [0.05, 0.1) is 16.8 Å². The predicted molar refractivity (Wildman–Crippen MR) is 270 cm³/mol. The van der Waals surface area contributed by atoms with E-state index in [9.17, 15) is 38.4 Å². The van der Waals surface area contributed by atoms with Gasteiger partial charge in [0.2, 0.25) is 35.4 Å². The normalized spacial score (nSPS) is 21.6. The van der Waals surface area contributed by atoms with E-state index in [-0.39, 0.29) is 58.3 Å². The fraction of sp³-hybridized carbons (Fsp3) is 0.833. The van der Waals surface area contributed by atoms with Crippen LogP contribution in [0.2, 0.25) is 0 Å². The Bertz CT molecular complexity index is 1490. The van der Waals surface area contributed by atoms with Crippen LogP contribution in [0.5, 0.6) is 0 Å². The monoisotopic (exact) mass is 1030 g/mol. The molecule has 2 saturated heterocycles. The number of thiol groups is 1. The molecule has 0 aromatic heterocycles. The van der Waals surface area contributed by atoms with Crippen LogP contribution in [-0.4, -0.2) is 117 Å². The highest BCUT2D eigenvalue weighted by Gasteiger charge is 2.37. The van der Waals surface area contributed by atoms with Crippen molar-refractivity contribution in [2.45, 2.75) is 192 Å². The molecular formula is C48H84BrN7O8S2. The molecule has 4 fully saturated rings. The van der Waals surface area contributed by atoms with E-state index in [0.717, 1.165) is 43.9 Å². The summed E-state index contributed by atoms with van der Waals surface area (Å²) in [6.45, 7) is 5.29. The van der Waals surface area contributed by atoms with Crippen molar-refractivity contribution in [3.8, 4) is 0 Å². The molecule has 2 aliphatic carbocycles. The Hall–Kier alpha value is -2.86. The number of Topliss-reactive ketones (excluding diaryl/α,β-unsaturated/α-hetero) is 1. The third-order valence-corrected chi connectivity index (χ3v) is 14.8. The van der Waals surface area contributed by atoms with Crippen LogP contribution >= 0.6 is 40.3 Å². The molecule has 18 heteroatoms. The molecule has 2 heterocycles. The highest BCUT2D eigenvalue weighted by Crippen LogP contribution is 2.25. The van der Waals surface area contributed by atoms with Crippen molar-refractivity contribution in [1.29, 1.82) is 0 Å². The molecule has 0 aromatic rings. The topological polar surface area (TPSA) is 231 Å². The van der Waals surface area contributed by atoms with Gasteiger partial charge in [-0.3, -0.25) is 38.4 Å². The van der Waals surface area contributed by atoms with Crippen molar-refractivity contribution < 1.29 is 38.4 Å². The number of nitrogens with one attached hydrogen (secondary N) is 3. The van der Waals surface area contributed by atoms with E-state index >= 15 is 0 Å². The number of primary amides is 2. The first-order valence-corrected chi connectivity index (χ1v) is 27.8. The van der Waals surface area contributed by atoms with Crippen LogP contribution in [0.4, 0.5) is 4.79 Å². The van der Waals surface area contributed by atoms with Gasteiger partial charge in [0.1, 0.15) is 17.9 Å². The number of ketones is 1. The number of nitrogens with zero attached hydrogens (tertiary/aromatic N) is 2. The maximum Gasteiger partial charge on any atom is 0.279 e. The van der Waals surface area contributed by atoms with E-state index in [2.05, 4.69) is 44.5 Å². The lowest BCUT2D eigenvalue weighted by Crippen LogP contribution is -2.45. The lowest BCUT2D eigenvalue weighted by Gasteiger charge is -2.24. The van der Waals surface area contributed by atoms with Crippen molar-refractivity contribution in [3.05, 3.63) is 0 Å². The molecule has 2 aliphatic heterocycles. The molecule has 0 aromatic carbocycles. The zero-order chi connectivity index (χ0) is 48.7. The first-order chi connectivity index (χ1) is 31.7. The molecule has 7 amide bonds. The Morgan fingerprint density at radius 2 is 1.03 bits per heavy atom. The highest BCUT2D eigenvalue weighted by molar-refractivity contribution is 9.09. The molecule has 378 valence electrons. The highest BCUT2D eigenvalue weighted by atomic mass is 79.9. The number of nitrogens with two attached hydrogens (primary N) is 2. The Morgan fingerprint density at radius 1 is 0.636 bits per heavy atom. The largest absolute Gasteiger partial charge is 0.368 e. The summed E-state index contributed by atoms with van der Waals surface area (Å²) >= 11 is 8.12. The summed E-state index contributed by atoms with van der Waals surface area (Å²) < 4.78 is 0. The number of halogens is 1. The number of thioether (sulfide) groups is 1. The van der Waals surface area contributed by atoms with Gasteiger partial charge in [-0.25, -0.2) is 0 Å². The zero-order valence-corrected chi connectivity index (χ0v) is 43.4. The van der Waals surface area contributed by atoms with Crippen LogP contribution in [0.1, 0.15) is 174 Å². The Kier molecular flexibility index (Phi) is 31.7. The number of carbonyl (C=O) groups is 8. The van der Waals surface area contributed by atoms with Crippen LogP contribution < -0.4 is 27.4 Å². The van der Waals surface area contributed by atoms with E-state index < -0.39 is 23.9 Å². The van der Waals surface area contributed by atoms with Crippen LogP contribution in [0.25, 0.3) is 0 Å². The summed E-state index contributed by atoms with van der Waals surface area (Å²) in [5.74, 6) is -0.318. The van der Waals surface area contributed by atoms with Crippen molar-refractivity contribution in [1.82, 2.24) is 25.8 Å². The number of hydrogen-bond donors (Lipinski definition) is 6. The Labute approximate surface area is 413 Å². The molecule has 7 N–H and O–H groups in total. The van der Waals surface area contributed by atoms with Crippen LogP contribution in [0.3, 0.4) is 0 Å². The fourth-order valence-electron chi connectivity index (χ4n) is 9.39.